The van der Waals surface area contributed by atoms with Gasteiger partial charge < -0.3 is 14.8 Å². The molecular weight excluding hydrogens is 260 g/mol. The van der Waals surface area contributed by atoms with Crippen molar-refractivity contribution in [3.8, 4) is 0 Å². The molecule has 1 aromatic heterocycles. The Morgan fingerprint density at radius 2 is 2.37 bits per heavy atom. The fourth-order valence-electron chi connectivity index (χ4n) is 2.67. The van der Waals surface area contributed by atoms with E-state index in [2.05, 4.69) is 10.3 Å². The van der Waals surface area contributed by atoms with Crippen molar-refractivity contribution in [2.75, 3.05) is 13.7 Å². The molecule has 1 saturated carbocycles. The molecule has 1 fully saturated rings. The predicted octanol–water partition coefficient (Wildman–Crippen LogP) is 2.42. The smallest absolute Gasteiger partial charge is 0.257 e. The summed E-state index contributed by atoms with van der Waals surface area (Å²) in [6.45, 7) is 0.189. The average molecular weight is 278 g/mol. The normalized spacial score (nSPS) is 27.2. The molecule has 2 N–H and O–H groups in total. The molecule has 4 nitrogen and oxygen atoms in total. The molecule has 1 aliphatic carbocycles. The third-order valence-electron chi connectivity index (χ3n) is 3.94. The highest BCUT2D eigenvalue weighted by Crippen LogP contribution is 2.40. The van der Waals surface area contributed by atoms with Gasteiger partial charge in [-0.1, -0.05) is 23.9 Å². The van der Waals surface area contributed by atoms with Crippen LogP contribution in [0.4, 0.5) is 0 Å². The number of fused-ring (bicyclic) bond motifs is 1. The van der Waals surface area contributed by atoms with Gasteiger partial charge in [0.1, 0.15) is 5.52 Å². The van der Waals surface area contributed by atoms with Crippen LogP contribution < -0.4 is 5.32 Å². The summed E-state index contributed by atoms with van der Waals surface area (Å²) in [7, 11) is 1.92. The Bertz CT molecular complexity index is 532. The van der Waals surface area contributed by atoms with Gasteiger partial charge in [0.05, 0.1) is 6.61 Å². The zero-order valence-electron chi connectivity index (χ0n) is 10.9. The number of thioether (sulfide) groups is 1. The monoisotopic (exact) mass is 278 g/mol. The van der Waals surface area contributed by atoms with E-state index in [0.717, 1.165) is 35.6 Å². The molecule has 2 unspecified atom stereocenters. The van der Waals surface area contributed by atoms with Crippen molar-refractivity contribution in [2.45, 2.75) is 35.3 Å². The first-order valence-corrected chi connectivity index (χ1v) is 7.45. The summed E-state index contributed by atoms with van der Waals surface area (Å²) in [6, 6.07) is 7.82. The SMILES string of the molecule is CNC1(CO)CCC(Sc2nc3ccccc3o2)C1. The van der Waals surface area contributed by atoms with Crippen LogP contribution in [0.5, 0.6) is 0 Å². The molecule has 0 amide bonds. The zero-order chi connectivity index (χ0) is 13.3. The second-order valence-corrected chi connectivity index (χ2v) is 6.37. The van der Waals surface area contributed by atoms with Gasteiger partial charge in [-0.3, -0.25) is 0 Å². The second-order valence-electron chi connectivity index (χ2n) is 5.12. The first-order valence-electron chi connectivity index (χ1n) is 6.57. The third kappa shape index (κ3) is 2.50. The van der Waals surface area contributed by atoms with E-state index in [0.29, 0.717) is 5.25 Å². The number of nitrogens with zero attached hydrogens (tertiary/aromatic N) is 1. The number of aliphatic hydroxyl groups is 1. The average Bonchev–Trinajstić information content (AvgIpc) is 3.03. The number of aliphatic hydroxyl groups excluding tert-OH is 1. The topological polar surface area (TPSA) is 58.3 Å². The molecule has 2 aromatic rings. The summed E-state index contributed by atoms with van der Waals surface area (Å²) in [5.74, 6) is 0. The number of para-hydroxylation sites is 2. The lowest BCUT2D eigenvalue weighted by Crippen LogP contribution is -2.44. The summed E-state index contributed by atoms with van der Waals surface area (Å²) < 4.78 is 5.73. The number of benzene rings is 1. The predicted molar refractivity (Wildman–Crippen MR) is 76.4 cm³/mol. The molecule has 0 aliphatic heterocycles. The van der Waals surface area contributed by atoms with E-state index in [9.17, 15) is 5.11 Å². The second kappa shape index (κ2) is 5.15. The Kier molecular flexibility index (Phi) is 3.52. The number of oxazole rings is 1. The maximum atomic E-state index is 9.50. The minimum Gasteiger partial charge on any atom is -0.431 e. The lowest BCUT2D eigenvalue weighted by atomic mass is 10.00. The van der Waals surface area contributed by atoms with Gasteiger partial charge in [-0.25, -0.2) is 4.98 Å². The summed E-state index contributed by atoms with van der Waals surface area (Å²) in [6.07, 6.45) is 3.02. The van der Waals surface area contributed by atoms with Gasteiger partial charge in [-0.15, -0.1) is 0 Å². The number of rotatable bonds is 4. The van der Waals surface area contributed by atoms with Crippen molar-refractivity contribution >= 4 is 22.9 Å². The van der Waals surface area contributed by atoms with E-state index < -0.39 is 0 Å². The fourth-order valence-corrected chi connectivity index (χ4v) is 3.88. The Morgan fingerprint density at radius 1 is 1.53 bits per heavy atom. The molecule has 0 radical (unpaired) electrons. The summed E-state index contributed by atoms with van der Waals surface area (Å²) in [4.78, 5) is 4.49. The van der Waals surface area contributed by atoms with Crippen LogP contribution in [0.3, 0.4) is 0 Å². The van der Waals surface area contributed by atoms with Crippen LogP contribution in [0, 0.1) is 0 Å². The maximum Gasteiger partial charge on any atom is 0.257 e. The number of aromatic nitrogens is 1. The van der Waals surface area contributed by atoms with E-state index >= 15 is 0 Å². The van der Waals surface area contributed by atoms with Crippen molar-refractivity contribution in [2.24, 2.45) is 0 Å². The first-order chi connectivity index (χ1) is 9.24. The van der Waals surface area contributed by atoms with E-state index in [1.54, 1.807) is 11.8 Å². The zero-order valence-corrected chi connectivity index (χ0v) is 11.7. The van der Waals surface area contributed by atoms with Gasteiger partial charge in [0.25, 0.3) is 5.22 Å². The highest BCUT2D eigenvalue weighted by atomic mass is 32.2. The van der Waals surface area contributed by atoms with Gasteiger partial charge in [0.2, 0.25) is 0 Å². The standard InChI is InChI=1S/C14H18N2O2S/c1-15-14(9-17)7-6-10(8-14)19-13-16-11-4-2-3-5-12(11)18-13/h2-5,10,15,17H,6-9H2,1H3. The quantitative estimate of drug-likeness (QED) is 0.899. The van der Waals surface area contributed by atoms with Crippen molar-refractivity contribution in [3.63, 3.8) is 0 Å². The van der Waals surface area contributed by atoms with Gasteiger partial charge in [-0.05, 0) is 38.4 Å². The molecule has 102 valence electrons. The highest BCUT2D eigenvalue weighted by molar-refractivity contribution is 7.99. The Hall–Kier alpha value is -1.04. The number of hydrogen-bond acceptors (Lipinski definition) is 5. The van der Waals surface area contributed by atoms with Crippen molar-refractivity contribution in [3.05, 3.63) is 24.3 Å². The van der Waals surface area contributed by atoms with Crippen molar-refractivity contribution in [1.82, 2.24) is 10.3 Å². The minimum atomic E-state index is -0.121. The van der Waals surface area contributed by atoms with E-state index in [1.165, 1.54) is 0 Å². The van der Waals surface area contributed by atoms with Crippen LogP contribution in [0.15, 0.2) is 33.9 Å². The molecule has 0 saturated heterocycles. The van der Waals surface area contributed by atoms with Crippen LogP contribution >= 0.6 is 11.8 Å². The van der Waals surface area contributed by atoms with E-state index in [-0.39, 0.29) is 12.1 Å². The van der Waals surface area contributed by atoms with Crippen molar-refractivity contribution in [1.29, 1.82) is 0 Å². The van der Waals surface area contributed by atoms with Crippen LogP contribution in [0.2, 0.25) is 0 Å². The molecule has 1 heterocycles. The molecule has 2 atom stereocenters. The minimum absolute atomic E-state index is 0.121. The number of nitrogens with one attached hydrogen (secondary N) is 1. The molecule has 0 bridgehead atoms. The molecule has 1 aliphatic rings. The summed E-state index contributed by atoms with van der Waals surface area (Å²) in [5.41, 5.74) is 1.62. The van der Waals surface area contributed by atoms with Crippen molar-refractivity contribution < 1.29 is 9.52 Å². The van der Waals surface area contributed by atoms with E-state index in [4.69, 9.17) is 4.42 Å². The molecule has 3 rings (SSSR count). The van der Waals surface area contributed by atoms with Gasteiger partial charge >= 0.3 is 0 Å². The molecular formula is C14H18N2O2S. The molecule has 1 aromatic carbocycles. The number of likely N-dealkylation sites (N-methyl/N-ethyl adjacent to an activating group) is 1. The van der Waals surface area contributed by atoms with Gasteiger partial charge in [0.15, 0.2) is 5.58 Å². The summed E-state index contributed by atoms with van der Waals surface area (Å²) >= 11 is 1.68. The fraction of sp³-hybridized carbons (Fsp3) is 0.500. The molecule has 19 heavy (non-hydrogen) atoms. The third-order valence-corrected chi connectivity index (χ3v) is 5.05. The lowest BCUT2D eigenvalue weighted by Gasteiger charge is -2.25. The van der Waals surface area contributed by atoms with Crippen LogP contribution in [0.25, 0.3) is 11.1 Å². The Morgan fingerprint density at radius 3 is 3.05 bits per heavy atom. The maximum absolute atomic E-state index is 9.50. The summed E-state index contributed by atoms with van der Waals surface area (Å²) in [5, 5.41) is 13.9. The Balaban J connectivity index is 1.72. The van der Waals surface area contributed by atoms with Crippen LogP contribution in [-0.4, -0.2) is 34.5 Å². The first kappa shape index (κ1) is 13.0. The molecule has 5 heteroatoms. The number of hydrogen-bond donors (Lipinski definition) is 2. The highest BCUT2D eigenvalue weighted by Gasteiger charge is 2.38. The van der Waals surface area contributed by atoms with Gasteiger partial charge in [0, 0.05) is 10.8 Å². The Labute approximate surface area is 116 Å². The lowest BCUT2D eigenvalue weighted by molar-refractivity contribution is 0.173. The van der Waals surface area contributed by atoms with Crippen LogP contribution in [0.1, 0.15) is 19.3 Å². The molecule has 0 spiro atoms. The largest absolute Gasteiger partial charge is 0.431 e. The van der Waals surface area contributed by atoms with Gasteiger partial charge in [-0.2, -0.15) is 0 Å². The van der Waals surface area contributed by atoms with E-state index in [1.807, 2.05) is 31.3 Å². The van der Waals surface area contributed by atoms with Crippen LogP contribution in [-0.2, 0) is 0 Å².